The standard InChI is InChI=1S/C26H26ClN7O2/c1-3-22(35)33-11-5-8-19(13-33)34-26-23(25(28)29-15-30-26)24(32-34)17-9-10-21(20(27)12-17)36-14-18-7-4-6-16(2)31-18/h3-4,6-7,9-10,12,15,19H,1,5,8,11,13-14H2,2H3,(H2,28,29,30). The predicted molar refractivity (Wildman–Crippen MR) is 139 cm³/mol. The molecule has 2 N–H and O–H groups in total. The molecular formula is C26H26ClN7O2. The Morgan fingerprint density at radius 1 is 1.31 bits per heavy atom. The molecule has 1 amide bonds. The number of benzene rings is 1. The highest BCUT2D eigenvalue weighted by Gasteiger charge is 2.28. The van der Waals surface area contributed by atoms with Gasteiger partial charge in [0, 0.05) is 24.3 Å². The van der Waals surface area contributed by atoms with E-state index in [9.17, 15) is 4.79 Å². The molecule has 4 aromatic rings. The molecule has 1 aliphatic heterocycles. The van der Waals surface area contributed by atoms with E-state index in [0.717, 1.165) is 29.8 Å². The van der Waals surface area contributed by atoms with E-state index >= 15 is 0 Å². The van der Waals surface area contributed by atoms with E-state index < -0.39 is 0 Å². The van der Waals surface area contributed by atoms with E-state index in [1.165, 1.54) is 12.4 Å². The molecule has 0 spiro atoms. The lowest BCUT2D eigenvalue weighted by Gasteiger charge is -2.32. The van der Waals surface area contributed by atoms with Crippen LogP contribution in [0.3, 0.4) is 0 Å². The molecule has 5 rings (SSSR count). The van der Waals surface area contributed by atoms with Gasteiger partial charge in [-0.3, -0.25) is 9.78 Å². The van der Waals surface area contributed by atoms with E-state index in [2.05, 4.69) is 21.5 Å². The number of anilines is 1. The van der Waals surface area contributed by atoms with E-state index in [1.807, 2.05) is 41.9 Å². The van der Waals surface area contributed by atoms with Gasteiger partial charge < -0.3 is 15.4 Å². The Morgan fingerprint density at radius 2 is 2.17 bits per heavy atom. The first-order chi connectivity index (χ1) is 17.4. The van der Waals surface area contributed by atoms with Crippen LogP contribution in [0.15, 0.2) is 55.4 Å². The molecule has 1 saturated heterocycles. The predicted octanol–water partition coefficient (Wildman–Crippen LogP) is 4.36. The number of nitrogens with zero attached hydrogens (tertiary/aromatic N) is 6. The molecule has 0 aliphatic carbocycles. The minimum Gasteiger partial charge on any atom is -0.486 e. The average molecular weight is 504 g/mol. The third-order valence-electron chi connectivity index (χ3n) is 6.27. The van der Waals surface area contributed by atoms with Crippen LogP contribution in [-0.2, 0) is 11.4 Å². The van der Waals surface area contributed by atoms with Crippen LogP contribution in [0.4, 0.5) is 5.82 Å². The van der Waals surface area contributed by atoms with Crippen LogP contribution in [0.5, 0.6) is 5.75 Å². The Balaban J connectivity index is 1.47. The van der Waals surface area contributed by atoms with Gasteiger partial charge in [0.2, 0.25) is 5.91 Å². The zero-order valence-electron chi connectivity index (χ0n) is 19.9. The summed E-state index contributed by atoms with van der Waals surface area (Å²) in [5.41, 5.74) is 10.0. The van der Waals surface area contributed by atoms with Gasteiger partial charge in [0.05, 0.1) is 22.1 Å². The maximum atomic E-state index is 12.2. The second-order valence-corrected chi connectivity index (χ2v) is 9.15. The number of hydrogen-bond acceptors (Lipinski definition) is 7. The van der Waals surface area contributed by atoms with Crippen LogP contribution in [0, 0.1) is 6.92 Å². The molecule has 36 heavy (non-hydrogen) atoms. The molecule has 10 heteroatoms. The third-order valence-corrected chi connectivity index (χ3v) is 6.57. The summed E-state index contributed by atoms with van der Waals surface area (Å²) < 4.78 is 7.76. The highest BCUT2D eigenvalue weighted by atomic mass is 35.5. The number of piperidine rings is 1. The first-order valence-electron chi connectivity index (χ1n) is 11.7. The highest BCUT2D eigenvalue weighted by Crippen LogP contribution is 2.36. The second kappa shape index (κ2) is 9.94. The number of aromatic nitrogens is 5. The van der Waals surface area contributed by atoms with Gasteiger partial charge in [-0.1, -0.05) is 24.2 Å². The number of pyridine rings is 1. The summed E-state index contributed by atoms with van der Waals surface area (Å²) in [6.07, 6.45) is 4.49. The summed E-state index contributed by atoms with van der Waals surface area (Å²) in [4.78, 5) is 27.1. The number of fused-ring (bicyclic) bond motifs is 1. The lowest BCUT2D eigenvalue weighted by Crippen LogP contribution is -2.40. The minimum atomic E-state index is -0.0891. The Bertz CT molecular complexity index is 1450. The van der Waals surface area contributed by atoms with E-state index in [4.69, 9.17) is 27.2 Å². The van der Waals surface area contributed by atoms with Crippen molar-refractivity contribution in [3.8, 4) is 17.0 Å². The molecule has 4 heterocycles. The number of aryl methyl sites for hydroxylation is 1. The number of rotatable bonds is 6. The minimum absolute atomic E-state index is 0.0480. The number of nitrogen functional groups attached to an aromatic ring is 1. The summed E-state index contributed by atoms with van der Waals surface area (Å²) in [5, 5.41) is 5.99. The fraction of sp³-hybridized carbons (Fsp3) is 0.269. The molecule has 0 saturated carbocycles. The normalized spacial score (nSPS) is 15.7. The zero-order valence-corrected chi connectivity index (χ0v) is 20.6. The average Bonchev–Trinajstić information content (AvgIpc) is 3.29. The van der Waals surface area contributed by atoms with Gasteiger partial charge in [-0.15, -0.1) is 0 Å². The van der Waals surface area contributed by atoms with E-state index in [0.29, 0.717) is 53.0 Å². The Labute approximate surface area is 213 Å². The molecule has 3 aromatic heterocycles. The summed E-state index contributed by atoms with van der Waals surface area (Å²) in [6.45, 7) is 7.07. The maximum absolute atomic E-state index is 12.2. The molecule has 1 aliphatic rings. The van der Waals surface area contributed by atoms with Crippen molar-refractivity contribution in [1.82, 2.24) is 29.6 Å². The second-order valence-electron chi connectivity index (χ2n) is 8.74. The highest BCUT2D eigenvalue weighted by molar-refractivity contribution is 6.32. The maximum Gasteiger partial charge on any atom is 0.246 e. The van der Waals surface area contributed by atoms with Gasteiger partial charge in [-0.05, 0) is 56.2 Å². The topological polar surface area (TPSA) is 112 Å². The van der Waals surface area contributed by atoms with Gasteiger partial charge in [-0.25, -0.2) is 14.6 Å². The van der Waals surface area contributed by atoms with Crippen molar-refractivity contribution in [1.29, 1.82) is 0 Å². The van der Waals surface area contributed by atoms with Crippen molar-refractivity contribution in [3.05, 3.63) is 71.8 Å². The summed E-state index contributed by atoms with van der Waals surface area (Å²) >= 11 is 6.60. The Morgan fingerprint density at radius 3 is 2.94 bits per heavy atom. The summed E-state index contributed by atoms with van der Waals surface area (Å²) in [5.74, 6) is 0.786. The lowest BCUT2D eigenvalue weighted by molar-refractivity contribution is -0.127. The largest absolute Gasteiger partial charge is 0.486 e. The van der Waals surface area contributed by atoms with E-state index in [1.54, 1.807) is 11.0 Å². The molecule has 1 aromatic carbocycles. The van der Waals surface area contributed by atoms with Crippen molar-refractivity contribution in [2.24, 2.45) is 0 Å². The van der Waals surface area contributed by atoms with Gasteiger partial charge >= 0.3 is 0 Å². The van der Waals surface area contributed by atoms with Crippen molar-refractivity contribution in [2.75, 3.05) is 18.8 Å². The Hall–Kier alpha value is -3.98. The van der Waals surface area contributed by atoms with Crippen molar-refractivity contribution in [2.45, 2.75) is 32.4 Å². The number of amides is 1. The van der Waals surface area contributed by atoms with Gasteiger partial charge in [0.1, 0.15) is 30.2 Å². The lowest BCUT2D eigenvalue weighted by atomic mass is 10.1. The van der Waals surface area contributed by atoms with Crippen LogP contribution in [0.2, 0.25) is 5.02 Å². The summed E-state index contributed by atoms with van der Waals surface area (Å²) in [7, 11) is 0. The number of ether oxygens (including phenoxy) is 1. The number of carbonyl (C=O) groups is 1. The third kappa shape index (κ3) is 4.61. The zero-order chi connectivity index (χ0) is 25.2. The Kier molecular flexibility index (Phi) is 6.56. The molecule has 1 atom stereocenters. The first-order valence-corrected chi connectivity index (χ1v) is 12.1. The number of nitrogens with two attached hydrogens (primary N) is 1. The molecule has 0 radical (unpaired) electrons. The van der Waals surface area contributed by atoms with E-state index in [-0.39, 0.29) is 11.9 Å². The smallest absolute Gasteiger partial charge is 0.246 e. The molecule has 0 bridgehead atoms. The fourth-order valence-corrected chi connectivity index (χ4v) is 4.77. The van der Waals surface area contributed by atoms with Gasteiger partial charge in [0.15, 0.2) is 5.65 Å². The van der Waals surface area contributed by atoms with Gasteiger partial charge in [-0.2, -0.15) is 5.10 Å². The van der Waals surface area contributed by atoms with Gasteiger partial charge in [0.25, 0.3) is 0 Å². The molecule has 184 valence electrons. The molecule has 9 nitrogen and oxygen atoms in total. The first kappa shape index (κ1) is 23.7. The quantitative estimate of drug-likeness (QED) is 0.389. The van der Waals surface area contributed by atoms with Crippen molar-refractivity contribution < 1.29 is 9.53 Å². The van der Waals surface area contributed by atoms with Crippen LogP contribution in [-0.4, -0.2) is 48.6 Å². The van der Waals surface area contributed by atoms with Crippen molar-refractivity contribution in [3.63, 3.8) is 0 Å². The SMILES string of the molecule is C=CC(=O)N1CCCC(n2nc(-c3ccc(OCc4cccc(C)n4)c(Cl)c3)c3c(N)ncnc32)C1. The number of likely N-dealkylation sites (tertiary alicyclic amines) is 1. The molecule has 1 fully saturated rings. The van der Waals surface area contributed by atoms with Crippen LogP contribution < -0.4 is 10.5 Å². The van der Waals surface area contributed by atoms with Crippen LogP contribution in [0.1, 0.15) is 30.3 Å². The fourth-order valence-electron chi connectivity index (χ4n) is 4.53. The number of hydrogen-bond donors (Lipinski definition) is 1. The molecule has 1 unspecified atom stereocenters. The van der Waals surface area contributed by atoms with Crippen LogP contribution in [0.25, 0.3) is 22.3 Å². The number of halogens is 1. The van der Waals surface area contributed by atoms with Crippen LogP contribution >= 0.6 is 11.6 Å². The molecular weight excluding hydrogens is 478 g/mol. The van der Waals surface area contributed by atoms with Crippen molar-refractivity contribution >= 4 is 34.4 Å². The number of carbonyl (C=O) groups excluding carboxylic acids is 1. The monoisotopic (exact) mass is 503 g/mol. The summed E-state index contributed by atoms with van der Waals surface area (Å²) in [6, 6.07) is 11.2.